The maximum Gasteiger partial charge on any atom is 0.225 e. The van der Waals surface area contributed by atoms with E-state index in [4.69, 9.17) is 10.5 Å². The highest BCUT2D eigenvalue weighted by Crippen LogP contribution is 2.25. The molecule has 4 rings (SSSR count). The van der Waals surface area contributed by atoms with Gasteiger partial charge in [0.05, 0.1) is 6.26 Å². The van der Waals surface area contributed by atoms with E-state index in [0.717, 1.165) is 38.4 Å². The van der Waals surface area contributed by atoms with Crippen LogP contribution < -0.4 is 16.0 Å². The zero-order valence-corrected chi connectivity index (χ0v) is 11.6. The van der Waals surface area contributed by atoms with Gasteiger partial charge in [-0.1, -0.05) is 0 Å². The molecule has 0 saturated carbocycles. The molecule has 1 saturated heterocycles. The van der Waals surface area contributed by atoms with Crippen LogP contribution in [-0.4, -0.2) is 45.8 Å². The molecule has 0 amide bonds. The van der Waals surface area contributed by atoms with Crippen molar-refractivity contribution in [3.05, 3.63) is 24.2 Å². The highest BCUT2D eigenvalue weighted by Gasteiger charge is 2.21. The van der Waals surface area contributed by atoms with E-state index >= 15 is 0 Å². The third-order valence-electron chi connectivity index (χ3n) is 3.77. The molecule has 2 aromatic heterocycles. The summed E-state index contributed by atoms with van der Waals surface area (Å²) in [6, 6.07) is 1.93. The lowest BCUT2D eigenvalue weighted by Crippen LogP contribution is -2.44. The SMILES string of the molecule is Nc1nc(N2CCNCC2)cc2nc(C3CC=CO3)nn12. The van der Waals surface area contributed by atoms with Gasteiger partial charge in [-0.15, -0.1) is 5.10 Å². The standard InChI is InChI=1S/C13H17N7O/c14-13-17-10(19-5-3-15-4-6-19)8-11-16-12(18-20(11)13)9-2-1-7-21-9/h1,7-9,15H,2-6H2,(H2,14,17). The number of aromatic nitrogens is 4. The second-order valence-corrected chi connectivity index (χ2v) is 5.18. The number of hydrogen-bond acceptors (Lipinski definition) is 7. The van der Waals surface area contributed by atoms with Crippen molar-refractivity contribution in [3.63, 3.8) is 0 Å². The highest BCUT2D eigenvalue weighted by atomic mass is 16.5. The number of rotatable bonds is 2. The maximum absolute atomic E-state index is 6.03. The quantitative estimate of drug-likeness (QED) is 0.808. The normalized spacial score (nSPS) is 21.9. The van der Waals surface area contributed by atoms with Crippen molar-refractivity contribution >= 4 is 17.4 Å². The number of nitrogens with two attached hydrogens (primary N) is 1. The molecule has 21 heavy (non-hydrogen) atoms. The molecule has 8 heteroatoms. The fraction of sp³-hybridized carbons (Fsp3) is 0.462. The second-order valence-electron chi connectivity index (χ2n) is 5.18. The number of ether oxygens (including phenoxy) is 1. The number of nitrogens with zero attached hydrogens (tertiary/aromatic N) is 5. The lowest BCUT2D eigenvalue weighted by molar-refractivity contribution is 0.164. The van der Waals surface area contributed by atoms with Crippen molar-refractivity contribution in [2.45, 2.75) is 12.5 Å². The van der Waals surface area contributed by atoms with Crippen molar-refractivity contribution in [2.75, 3.05) is 36.8 Å². The molecule has 0 bridgehead atoms. The van der Waals surface area contributed by atoms with E-state index < -0.39 is 0 Å². The minimum atomic E-state index is -0.119. The molecule has 1 fully saturated rings. The van der Waals surface area contributed by atoms with Gasteiger partial charge in [0.15, 0.2) is 17.6 Å². The molecule has 8 nitrogen and oxygen atoms in total. The summed E-state index contributed by atoms with van der Waals surface area (Å²) < 4.78 is 7.03. The number of fused-ring (bicyclic) bond motifs is 1. The van der Waals surface area contributed by atoms with Crippen LogP contribution in [0.1, 0.15) is 18.3 Å². The second kappa shape index (κ2) is 4.88. The third-order valence-corrected chi connectivity index (χ3v) is 3.77. The van der Waals surface area contributed by atoms with Crippen LogP contribution in [-0.2, 0) is 4.74 Å². The van der Waals surface area contributed by atoms with E-state index in [0.29, 0.717) is 17.4 Å². The Morgan fingerprint density at radius 3 is 2.90 bits per heavy atom. The first-order valence-corrected chi connectivity index (χ1v) is 7.10. The molecule has 0 radical (unpaired) electrons. The maximum atomic E-state index is 6.03. The van der Waals surface area contributed by atoms with Gasteiger partial charge < -0.3 is 20.7 Å². The lowest BCUT2D eigenvalue weighted by atomic mass is 10.3. The number of anilines is 2. The Hall–Kier alpha value is -2.35. The molecule has 0 aromatic carbocycles. The summed E-state index contributed by atoms with van der Waals surface area (Å²) in [4.78, 5) is 11.2. The Labute approximate surface area is 121 Å². The van der Waals surface area contributed by atoms with Crippen molar-refractivity contribution in [1.29, 1.82) is 0 Å². The van der Waals surface area contributed by atoms with Gasteiger partial charge in [0.25, 0.3) is 0 Å². The Kier molecular flexibility index (Phi) is 2.88. The molecule has 1 atom stereocenters. The Morgan fingerprint density at radius 2 is 2.14 bits per heavy atom. The van der Waals surface area contributed by atoms with Crippen LogP contribution in [0.5, 0.6) is 0 Å². The predicted molar refractivity (Wildman–Crippen MR) is 77.9 cm³/mol. The average Bonchev–Trinajstić information content (AvgIpc) is 3.17. The summed E-state index contributed by atoms with van der Waals surface area (Å²) >= 11 is 0. The molecule has 0 aliphatic carbocycles. The van der Waals surface area contributed by atoms with Crippen LogP contribution in [0.25, 0.3) is 5.65 Å². The van der Waals surface area contributed by atoms with Gasteiger partial charge in [-0.25, -0.2) is 4.98 Å². The predicted octanol–water partition coefficient (Wildman–Crippen LogP) is 0.0912. The van der Waals surface area contributed by atoms with E-state index in [1.165, 1.54) is 0 Å². The molecule has 2 aromatic rings. The highest BCUT2D eigenvalue weighted by molar-refractivity contribution is 5.55. The lowest BCUT2D eigenvalue weighted by Gasteiger charge is -2.28. The number of nitrogens with one attached hydrogen (secondary N) is 1. The first-order chi connectivity index (χ1) is 10.3. The Bertz CT molecular complexity index is 681. The van der Waals surface area contributed by atoms with Gasteiger partial charge in [0, 0.05) is 38.7 Å². The smallest absolute Gasteiger partial charge is 0.225 e. The van der Waals surface area contributed by atoms with Gasteiger partial charge in [-0.2, -0.15) is 9.50 Å². The van der Waals surface area contributed by atoms with Gasteiger partial charge in [-0.3, -0.25) is 0 Å². The zero-order valence-electron chi connectivity index (χ0n) is 11.6. The summed E-state index contributed by atoms with van der Waals surface area (Å²) in [7, 11) is 0. The first kappa shape index (κ1) is 12.4. The molecule has 2 aliphatic heterocycles. The summed E-state index contributed by atoms with van der Waals surface area (Å²) in [5, 5.41) is 7.72. The van der Waals surface area contributed by atoms with Crippen LogP contribution in [0, 0.1) is 0 Å². The zero-order chi connectivity index (χ0) is 14.2. The number of nitrogen functional groups attached to an aromatic ring is 1. The minimum absolute atomic E-state index is 0.119. The molecular weight excluding hydrogens is 270 g/mol. The molecule has 1 unspecified atom stereocenters. The molecule has 4 heterocycles. The van der Waals surface area contributed by atoms with Crippen molar-refractivity contribution in [1.82, 2.24) is 24.9 Å². The van der Waals surface area contributed by atoms with Gasteiger partial charge in [-0.05, 0) is 6.08 Å². The van der Waals surface area contributed by atoms with Gasteiger partial charge in [0.2, 0.25) is 5.95 Å². The molecule has 3 N–H and O–H groups in total. The summed E-state index contributed by atoms with van der Waals surface area (Å²) in [5.74, 6) is 1.85. The van der Waals surface area contributed by atoms with E-state index in [1.807, 2.05) is 12.1 Å². The number of piperazine rings is 1. The molecular formula is C13H17N7O. The van der Waals surface area contributed by atoms with Gasteiger partial charge >= 0.3 is 0 Å². The topological polar surface area (TPSA) is 93.6 Å². The summed E-state index contributed by atoms with van der Waals surface area (Å²) in [6.07, 6.45) is 4.32. The Balaban J connectivity index is 1.71. The van der Waals surface area contributed by atoms with E-state index in [-0.39, 0.29) is 6.10 Å². The largest absolute Gasteiger partial charge is 0.490 e. The average molecular weight is 287 g/mol. The number of hydrogen-bond donors (Lipinski definition) is 2. The molecule has 0 spiro atoms. The van der Waals surface area contributed by atoms with E-state index in [2.05, 4.69) is 25.3 Å². The molecule has 110 valence electrons. The third kappa shape index (κ3) is 2.17. The first-order valence-electron chi connectivity index (χ1n) is 7.10. The van der Waals surface area contributed by atoms with Crippen LogP contribution in [0.15, 0.2) is 18.4 Å². The molecule has 2 aliphatic rings. The van der Waals surface area contributed by atoms with Crippen LogP contribution in [0.2, 0.25) is 0 Å². The van der Waals surface area contributed by atoms with Crippen LogP contribution >= 0.6 is 0 Å². The minimum Gasteiger partial charge on any atom is -0.490 e. The van der Waals surface area contributed by atoms with Crippen molar-refractivity contribution in [2.24, 2.45) is 0 Å². The van der Waals surface area contributed by atoms with Gasteiger partial charge in [0.1, 0.15) is 5.82 Å². The van der Waals surface area contributed by atoms with Crippen molar-refractivity contribution in [3.8, 4) is 0 Å². The fourth-order valence-electron chi connectivity index (χ4n) is 2.66. The monoisotopic (exact) mass is 287 g/mol. The van der Waals surface area contributed by atoms with E-state index in [9.17, 15) is 0 Å². The Morgan fingerprint density at radius 1 is 1.29 bits per heavy atom. The van der Waals surface area contributed by atoms with Crippen LogP contribution in [0.3, 0.4) is 0 Å². The fourth-order valence-corrected chi connectivity index (χ4v) is 2.66. The van der Waals surface area contributed by atoms with Crippen molar-refractivity contribution < 1.29 is 4.74 Å². The van der Waals surface area contributed by atoms with Crippen LogP contribution in [0.4, 0.5) is 11.8 Å². The van der Waals surface area contributed by atoms with E-state index in [1.54, 1.807) is 10.8 Å². The summed E-state index contributed by atoms with van der Waals surface area (Å²) in [5.41, 5.74) is 6.74. The summed E-state index contributed by atoms with van der Waals surface area (Å²) in [6.45, 7) is 3.73.